The van der Waals surface area contributed by atoms with Crippen molar-refractivity contribution in [1.29, 1.82) is 5.26 Å². The Morgan fingerprint density at radius 1 is 1.50 bits per heavy atom. The second-order valence-corrected chi connectivity index (χ2v) is 5.00. The number of benzene rings is 1. The second kappa shape index (κ2) is 5.45. The van der Waals surface area contributed by atoms with Gasteiger partial charge in [0.1, 0.15) is 17.4 Å². The molecule has 1 aromatic heterocycles. The first-order valence-electron chi connectivity index (χ1n) is 7.01. The van der Waals surface area contributed by atoms with Crippen LogP contribution in [0.15, 0.2) is 35.7 Å². The molecule has 6 nitrogen and oxygen atoms in total. The number of aryl methyl sites for hydroxylation is 1. The predicted octanol–water partition coefficient (Wildman–Crippen LogP) is 2.33. The van der Waals surface area contributed by atoms with E-state index in [4.69, 9.17) is 15.2 Å². The molecule has 1 atom stereocenters. The molecule has 0 amide bonds. The number of hydrogen-bond acceptors (Lipinski definition) is 5. The molecule has 3 N–H and O–H groups in total. The Morgan fingerprint density at radius 2 is 2.32 bits per heavy atom. The molecule has 1 aromatic carbocycles. The van der Waals surface area contributed by atoms with Crippen molar-refractivity contribution in [2.45, 2.75) is 19.8 Å². The first kappa shape index (κ1) is 14.0. The van der Waals surface area contributed by atoms with E-state index in [1.807, 2.05) is 38.1 Å². The van der Waals surface area contributed by atoms with Crippen LogP contribution in [-0.4, -0.2) is 16.8 Å². The normalized spacial score (nSPS) is 16.7. The Morgan fingerprint density at radius 3 is 3.05 bits per heavy atom. The van der Waals surface area contributed by atoms with E-state index >= 15 is 0 Å². The highest BCUT2D eigenvalue weighted by Gasteiger charge is 2.34. The Labute approximate surface area is 128 Å². The van der Waals surface area contributed by atoms with Gasteiger partial charge in [-0.05, 0) is 31.5 Å². The van der Waals surface area contributed by atoms with Crippen LogP contribution in [0, 0.1) is 18.3 Å². The number of aromatic nitrogens is 2. The van der Waals surface area contributed by atoms with Crippen LogP contribution in [0.2, 0.25) is 0 Å². The third kappa shape index (κ3) is 2.17. The van der Waals surface area contributed by atoms with Gasteiger partial charge in [0, 0.05) is 11.3 Å². The summed E-state index contributed by atoms with van der Waals surface area (Å²) >= 11 is 0. The summed E-state index contributed by atoms with van der Waals surface area (Å²) in [5, 5.41) is 16.5. The predicted molar refractivity (Wildman–Crippen MR) is 80.2 cm³/mol. The number of allylic oxidation sites excluding steroid dienone is 1. The highest BCUT2D eigenvalue weighted by Crippen LogP contribution is 2.43. The topological polar surface area (TPSA) is 96.9 Å². The van der Waals surface area contributed by atoms with Crippen molar-refractivity contribution >= 4 is 0 Å². The zero-order chi connectivity index (χ0) is 15.7. The summed E-state index contributed by atoms with van der Waals surface area (Å²) in [5.74, 6) is 0.951. The molecule has 0 fully saturated rings. The lowest BCUT2D eigenvalue weighted by Gasteiger charge is -2.23. The average molecular weight is 296 g/mol. The number of nitriles is 1. The third-order valence-corrected chi connectivity index (χ3v) is 3.63. The molecule has 2 heterocycles. The lowest BCUT2D eigenvalue weighted by molar-refractivity contribution is 0.339. The van der Waals surface area contributed by atoms with E-state index in [0.717, 1.165) is 22.6 Å². The molecule has 0 saturated carbocycles. The molecule has 1 aliphatic heterocycles. The zero-order valence-electron chi connectivity index (χ0n) is 12.4. The molecule has 0 saturated heterocycles. The molecule has 3 rings (SSSR count). The lowest BCUT2D eigenvalue weighted by Crippen LogP contribution is -2.21. The van der Waals surface area contributed by atoms with E-state index in [-0.39, 0.29) is 11.8 Å². The number of nitrogens with zero attached hydrogens (tertiary/aromatic N) is 2. The van der Waals surface area contributed by atoms with E-state index in [2.05, 4.69) is 16.3 Å². The number of fused-ring (bicyclic) bond motifs is 1. The fraction of sp³-hybridized carbons (Fsp3) is 0.250. The summed E-state index contributed by atoms with van der Waals surface area (Å²) in [5.41, 5.74) is 8.87. The highest BCUT2D eigenvalue weighted by atomic mass is 16.5. The SMILES string of the molecule is CCOc1cccc(C2C(C#N)=C(N)Oc3n[nH]c(C)c32)c1. The first-order valence-corrected chi connectivity index (χ1v) is 7.01. The van der Waals surface area contributed by atoms with Crippen LogP contribution in [0.1, 0.15) is 29.7 Å². The van der Waals surface area contributed by atoms with Crippen LogP contribution < -0.4 is 15.2 Å². The molecule has 0 radical (unpaired) electrons. The van der Waals surface area contributed by atoms with Gasteiger partial charge in [-0.25, -0.2) is 0 Å². The molecule has 6 heteroatoms. The number of aromatic amines is 1. The minimum Gasteiger partial charge on any atom is -0.494 e. The van der Waals surface area contributed by atoms with Crippen LogP contribution in [0.25, 0.3) is 0 Å². The number of ether oxygens (including phenoxy) is 2. The van der Waals surface area contributed by atoms with Crippen molar-refractivity contribution in [2.24, 2.45) is 5.73 Å². The molecule has 22 heavy (non-hydrogen) atoms. The monoisotopic (exact) mass is 296 g/mol. The summed E-state index contributed by atoms with van der Waals surface area (Å²) in [6.45, 7) is 4.40. The maximum atomic E-state index is 9.49. The molecule has 0 aliphatic carbocycles. The van der Waals surface area contributed by atoms with Crippen LogP contribution in [-0.2, 0) is 0 Å². The van der Waals surface area contributed by atoms with Gasteiger partial charge in [0.05, 0.1) is 12.5 Å². The van der Waals surface area contributed by atoms with Gasteiger partial charge in [-0.3, -0.25) is 5.10 Å². The number of nitrogens with one attached hydrogen (secondary N) is 1. The zero-order valence-corrected chi connectivity index (χ0v) is 12.4. The van der Waals surface area contributed by atoms with Gasteiger partial charge in [-0.15, -0.1) is 5.10 Å². The van der Waals surface area contributed by atoms with Gasteiger partial charge in [-0.2, -0.15) is 5.26 Å². The highest BCUT2D eigenvalue weighted by molar-refractivity contribution is 5.55. The average Bonchev–Trinajstić information content (AvgIpc) is 2.87. The molecular weight excluding hydrogens is 280 g/mol. The summed E-state index contributed by atoms with van der Waals surface area (Å²) < 4.78 is 11.0. The summed E-state index contributed by atoms with van der Waals surface area (Å²) in [6.07, 6.45) is 0. The molecular formula is C16H16N4O2. The Balaban J connectivity index is 2.16. The molecule has 1 unspecified atom stereocenters. The largest absolute Gasteiger partial charge is 0.494 e. The molecule has 0 bridgehead atoms. The number of H-pyrrole nitrogens is 1. The summed E-state index contributed by atoms with van der Waals surface area (Å²) in [7, 11) is 0. The van der Waals surface area contributed by atoms with Gasteiger partial charge in [0.15, 0.2) is 0 Å². The van der Waals surface area contributed by atoms with Crippen molar-refractivity contribution in [3.05, 3.63) is 52.5 Å². The minimum atomic E-state index is -0.312. The fourth-order valence-corrected chi connectivity index (χ4v) is 2.68. The number of nitrogens with two attached hydrogens (primary N) is 1. The standard InChI is InChI=1S/C16H16N4O2/c1-3-21-11-6-4-5-10(7-11)14-12(8-17)15(18)22-16-13(14)9(2)19-20-16/h4-7,14H,3,18H2,1-2H3,(H,19,20). The lowest BCUT2D eigenvalue weighted by atomic mass is 9.84. The van der Waals surface area contributed by atoms with Crippen molar-refractivity contribution in [3.63, 3.8) is 0 Å². The van der Waals surface area contributed by atoms with Gasteiger partial charge in [0.2, 0.25) is 11.8 Å². The maximum Gasteiger partial charge on any atom is 0.244 e. The van der Waals surface area contributed by atoms with Gasteiger partial charge in [-0.1, -0.05) is 12.1 Å². The van der Waals surface area contributed by atoms with E-state index in [0.29, 0.717) is 18.1 Å². The van der Waals surface area contributed by atoms with Crippen LogP contribution >= 0.6 is 0 Å². The van der Waals surface area contributed by atoms with E-state index in [1.54, 1.807) is 0 Å². The van der Waals surface area contributed by atoms with Crippen molar-refractivity contribution in [3.8, 4) is 17.7 Å². The third-order valence-electron chi connectivity index (χ3n) is 3.63. The van der Waals surface area contributed by atoms with E-state index < -0.39 is 0 Å². The molecule has 1 aliphatic rings. The summed E-state index contributed by atoms with van der Waals surface area (Å²) in [4.78, 5) is 0. The van der Waals surface area contributed by atoms with Gasteiger partial charge in [0.25, 0.3) is 0 Å². The Bertz CT molecular complexity index is 786. The van der Waals surface area contributed by atoms with Crippen molar-refractivity contribution in [1.82, 2.24) is 10.2 Å². The van der Waals surface area contributed by atoms with E-state index in [1.165, 1.54) is 0 Å². The molecule has 112 valence electrons. The summed E-state index contributed by atoms with van der Waals surface area (Å²) in [6, 6.07) is 9.80. The number of rotatable bonds is 3. The van der Waals surface area contributed by atoms with E-state index in [9.17, 15) is 5.26 Å². The maximum absolute atomic E-state index is 9.49. The second-order valence-electron chi connectivity index (χ2n) is 5.00. The van der Waals surface area contributed by atoms with Crippen molar-refractivity contribution < 1.29 is 9.47 Å². The van der Waals surface area contributed by atoms with Gasteiger partial charge < -0.3 is 15.2 Å². The quantitative estimate of drug-likeness (QED) is 0.906. The van der Waals surface area contributed by atoms with Crippen LogP contribution in [0.3, 0.4) is 0 Å². The number of hydrogen-bond donors (Lipinski definition) is 2. The molecule has 0 spiro atoms. The van der Waals surface area contributed by atoms with Crippen LogP contribution in [0.4, 0.5) is 0 Å². The first-order chi connectivity index (χ1) is 10.7. The smallest absolute Gasteiger partial charge is 0.244 e. The van der Waals surface area contributed by atoms with Crippen LogP contribution in [0.5, 0.6) is 11.6 Å². The Hall–Kier alpha value is -2.94. The van der Waals surface area contributed by atoms with Crippen molar-refractivity contribution in [2.75, 3.05) is 6.61 Å². The minimum absolute atomic E-state index is 0.0910. The van der Waals surface area contributed by atoms with Gasteiger partial charge >= 0.3 is 0 Å². The Kier molecular flexibility index (Phi) is 3.47. The molecule has 2 aromatic rings. The fourth-order valence-electron chi connectivity index (χ4n) is 2.68.